The van der Waals surface area contributed by atoms with Crippen LogP contribution in [0.1, 0.15) is 36.0 Å². The van der Waals surface area contributed by atoms with Crippen molar-refractivity contribution < 1.29 is 4.79 Å². The number of rotatable bonds is 3. The van der Waals surface area contributed by atoms with E-state index in [2.05, 4.69) is 40.1 Å². The molecule has 0 radical (unpaired) electrons. The standard InChI is InChI=1S/C14H18BrNOS2/c1-19-11-4-2-3-9(7-11)16-14(17)12-8-10(18)5-6-13(12)15/h5-6,8-9,11,18H,2-4,7H2,1H3,(H,16,17). The first kappa shape index (κ1) is 15.3. The molecule has 1 aromatic carbocycles. The number of halogens is 1. The fourth-order valence-electron chi connectivity index (χ4n) is 2.44. The molecule has 1 N–H and O–H groups in total. The molecule has 2 rings (SSSR count). The molecule has 1 fully saturated rings. The first-order chi connectivity index (χ1) is 9.10. The largest absolute Gasteiger partial charge is 0.349 e. The van der Waals surface area contributed by atoms with Crippen LogP contribution in [0, 0.1) is 0 Å². The molecule has 0 saturated heterocycles. The van der Waals surface area contributed by atoms with E-state index in [-0.39, 0.29) is 5.91 Å². The van der Waals surface area contributed by atoms with Gasteiger partial charge in [0.05, 0.1) is 5.56 Å². The second kappa shape index (κ2) is 7.04. The van der Waals surface area contributed by atoms with E-state index in [0.29, 0.717) is 16.9 Å². The van der Waals surface area contributed by atoms with Gasteiger partial charge in [-0.05, 0) is 59.6 Å². The number of amides is 1. The molecule has 1 amide bonds. The van der Waals surface area contributed by atoms with Gasteiger partial charge in [-0.25, -0.2) is 0 Å². The Bertz CT molecular complexity index is 467. The fraction of sp³-hybridized carbons (Fsp3) is 0.500. The molecule has 2 nitrogen and oxygen atoms in total. The quantitative estimate of drug-likeness (QED) is 0.794. The molecule has 5 heteroatoms. The number of thioether (sulfide) groups is 1. The Hall–Kier alpha value is -0.130. The lowest BCUT2D eigenvalue weighted by Crippen LogP contribution is -2.39. The average Bonchev–Trinajstić information content (AvgIpc) is 2.41. The van der Waals surface area contributed by atoms with Gasteiger partial charge in [0.2, 0.25) is 0 Å². The van der Waals surface area contributed by atoms with E-state index >= 15 is 0 Å². The summed E-state index contributed by atoms with van der Waals surface area (Å²) >= 11 is 9.61. The van der Waals surface area contributed by atoms with Crippen LogP contribution in [0.5, 0.6) is 0 Å². The van der Waals surface area contributed by atoms with Crippen LogP contribution in [0.3, 0.4) is 0 Å². The van der Waals surface area contributed by atoms with E-state index in [0.717, 1.165) is 22.2 Å². The lowest BCUT2D eigenvalue weighted by molar-refractivity contribution is 0.0927. The second-order valence-corrected chi connectivity index (χ2v) is 7.37. The third-order valence-electron chi connectivity index (χ3n) is 3.49. The molecule has 1 saturated carbocycles. The van der Waals surface area contributed by atoms with Crippen LogP contribution in [0.2, 0.25) is 0 Å². The highest BCUT2D eigenvalue weighted by atomic mass is 79.9. The summed E-state index contributed by atoms with van der Waals surface area (Å²) in [5, 5.41) is 3.83. The number of benzene rings is 1. The molecule has 104 valence electrons. The minimum absolute atomic E-state index is 0.00507. The van der Waals surface area contributed by atoms with Gasteiger partial charge in [-0.1, -0.05) is 6.42 Å². The highest BCUT2D eigenvalue weighted by molar-refractivity contribution is 9.10. The second-order valence-electron chi connectivity index (χ2n) is 4.86. The minimum atomic E-state index is -0.00507. The first-order valence-corrected chi connectivity index (χ1v) is 8.95. The Balaban J connectivity index is 2.02. The highest BCUT2D eigenvalue weighted by Crippen LogP contribution is 2.27. The Labute approximate surface area is 132 Å². The fourth-order valence-corrected chi connectivity index (χ4v) is 3.90. The van der Waals surface area contributed by atoms with Gasteiger partial charge >= 0.3 is 0 Å². The van der Waals surface area contributed by atoms with Crippen molar-refractivity contribution in [3.05, 3.63) is 28.2 Å². The number of carbonyl (C=O) groups excluding carboxylic acids is 1. The van der Waals surface area contributed by atoms with E-state index in [4.69, 9.17) is 0 Å². The van der Waals surface area contributed by atoms with Crippen LogP contribution < -0.4 is 5.32 Å². The molecule has 1 aromatic rings. The van der Waals surface area contributed by atoms with Gasteiger partial charge in [0.15, 0.2) is 0 Å². The number of nitrogens with one attached hydrogen (secondary N) is 1. The molecule has 0 spiro atoms. The summed E-state index contributed by atoms with van der Waals surface area (Å²) in [6.45, 7) is 0. The summed E-state index contributed by atoms with van der Waals surface area (Å²) in [5.41, 5.74) is 0.666. The third-order valence-corrected chi connectivity index (χ3v) is 5.55. The SMILES string of the molecule is CSC1CCCC(NC(=O)c2cc(S)ccc2Br)C1. The molecule has 19 heavy (non-hydrogen) atoms. The van der Waals surface area contributed by atoms with Crippen molar-refractivity contribution in [3.63, 3.8) is 0 Å². The summed E-state index contributed by atoms with van der Waals surface area (Å²) in [6, 6.07) is 5.84. The monoisotopic (exact) mass is 359 g/mol. The average molecular weight is 360 g/mol. The number of hydrogen-bond acceptors (Lipinski definition) is 3. The van der Waals surface area contributed by atoms with Crippen molar-refractivity contribution in [2.24, 2.45) is 0 Å². The van der Waals surface area contributed by atoms with Crippen LogP contribution in [0.15, 0.2) is 27.6 Å². The number of thiol groups is 1. The predicted octanol–water partition coefficient (Wildman–Crippen LogP) is 4.14. The van der Waals surface area contributed by atoms with Crippen molar-refractivity contribution in [1.29, 1.82) is 0 Å². The number of hydrogen-bond donors (Lipinski definition) is 2. The van der Waals surface area contributed by atoms with Crippen molar-refractivity contribution in [2.45, 2.75) is 41.9 Å². The van der Waals surface area contributed by atoms with Crippen molar-refractivity contribution in [2.75, 3.05) is 6.26 Å². The van der Waals surface area contributed by atoms with Crippen LogP contribution in [0.25, 0.3) is 0 Å². The van der Waals surface area contributed by atoms with E-state index < -0.39 is 0 Å². The maximum absolute atomic E-state index is 12.3. The van der Waals surface area contributed by atoms with Crippen LogP contribution in [-0.2, 0) is 0 Å². The van der Waals surface area contributed by atoms with Gasteiger partial charge in [0, 0.05) is 20.7 Å². The lowest BCUT2D eigenvalue weighted by Gasteiger charge is -2.28. The summed E-state index contributed by atoms with van der Waals surface area (Å²) in [5.74, 6) is -0.00507. The van der Waals surface area contributed by atoms with Gasteiger partial charge in [-0.3, -0.25) is 4.79 Å². The van der Waals surface area contributed by atoms with Gasteiger partial charge in [-0.15, -0.1) is 12.6 Å². The highest BCUT2D eigenvalue weighted by Gasteiger charge is 2.23. The van der Waals surface area contributed by atoms with Gasteiger partial charge < -0.3 is 5.32 Å². The lowest BCUT2D eigenvalue weighted by atomic mass is 9.94. The molecule has 0 heterocycles. The minimum Gasteiger partial charge on any atom is -0.349 e. The van der Waals surface area contributed by atoms with E-state index in [1.807, 2.05) is 23.9 Å². The maximum Gasteiger partial charge on any atom is 0.252 e. The molecule has 0 aliphatic heterocycles. The summed E-state index contributed by atoms with van der Waals surface area (Å²) in [4.78, 5) is 13.1. The molecule has 2 atom stereocenters. The Morgan fingerprint density at radius 3 is 3.00 bits per heavy atom. The zero-order chi connectivity index (χ0) is 13.8. The Kier molecular flexibility index (Phi) is 5.66. The molecular weight excluding hydrogens is 342 g/mol. The smallest absolute Gasteiger partial charge is 0.252 e. The van der Waals surface area contributed by atoms with E-state index in [1.54, 1.807) is 6.07 Å². The third kappa shape index (κ3) is 4.17. The Morgan fingerprint density at radius 2 is 2.26 bits per heavy atom. The maximum atomic E-state index is 12.3. The van der Waals surface area contributed by atoms with Crippen molar-refractivity contribution in [3.8, 4) is 0 Å². The van der Waals surface area contributed by atoms with Gasteiger partial charge in [0.1, 0.15) is 0 Å². The molecule has 1 aliphatic rings. The van der Waals surface area contributed by atoms with Gasteiger partial charge in [-0.2, -0.15) is 11.8 Å². The van der Waals surface area contributed by atoms with Crippen LogP contribution >= 0.6 is 40.3 Å². The first-order valence-electron chi connectivity index (χ1n) is 6.42. The Morgan fingerprint density at radius 1 is 1.47 bits per heavy atom. The topological polar surface area (TPSA) is 29.1 Å². The van der Waals surface area contributed by atoms with E-state index in [9.17, 15) is 4.79 Å². The molecule has 1 aliphatic carbocycles. The van der Waals surface area contributed by atoms with Crippen molar-refractivity contribution >= 4 is 46.2 Å². The van der Waals surface area contributed by atoms with Crippen LogP contribution in [-0.4, -0.2) is 23.5 Å². The van der Waals surface area contributed by atoms with Crippen LogP contribution in [0.4, 0.5) is 0 Å². The molecular formula is C14H18BrNOS2. The summed E-state index contributed by atoms with van der Waals surface area (Å²) < 4.78 is 0.819. The van der Waals surface area contributed by atoms with Gasteiger partial charge in [0.25, 0.3) is 5.91 Å². The zero-order valence-electron chi connectivity index (χ0n) is 10.9. The molecule has 2 unspecified atom stereocenters. The van der Waals surface area contributed by atoms with Crippen molar-refractivity contribution in [1.82, 2.24) is 5.32 Å². The predicted molar refractivity (Wildman–Crippen MR) is 88.4 cm³/mol. The number of carbonyl (C=O) groups is 1. The molecule has 0 aromatic heterocycles. The summed E-state index contributed by atoms with van der Waals surface area (Å²) in [7, 11) is 0. The van der Waals surface area contributed by atoms with E-state index in [1.165, 1.54) is 12.8 Å². The normalized spacial score (nSPS) is 23.1. The zero-order valence-corrected chi connectivity index (χ0v) is 14.2. The molecule has 0 bridgehead atoms. The summed E-state index contributed by atoms with van der Waals surface area (Å²) in [6.07, 6.45) is 6.77.